The molecule has 1 amide bonds. The van der Waals surface area contributed by atoms with E-state index < -0.39 is 5.91 Å². The Hall–Kier alpha value is -2.25. The molecule has 2 aromatic heterocycles. The van der Waals surface area contributed by atoms with Crippen LogP contribution in [0.2, 0.25) is 5.02 Å². The van der Waals surface area contributed by atoms with Crippen molar-refractivity contribution >= 4 is 23.3 Å². The maximum absolute atomic E-state index is 11.3. The van der Waals surface area contributed by atoms with Gasteiger partial charge in [0.2, 0.25) is 0 Å². The van der Waals surface area contributed by atoms with Gasteiger partial charge in [-0.05, 0) is 25.3 Å². The molecule has 2 aromatic rings. The van der Waals surface area contributed by atoms with Crippen molar-refractivity contribution < 1.29 is 9.53 Å². The maximum atomic E-state index is 11.3. The average molecular weight is 348 g/mol. The van der Waals surface area contributed by atoms with Crippen molar-refractivity contribution in [2.24, 2.45) is 5.73 Å². The molecular formula is C16H18ClN5O2. The molecule has 1 fully saturated rings. The topological polar surface area (TPSA) is 103 Å². The summed E-state index contributed by atoms with van der Waals surface area (Å²) >= 11 is 6.16. The number of halogens is 1. The Labute approximate surface area is 144 Å². The minimum atomic E-state index is -0.621. The lowest BCUT2D eigenvalue weighted by Gasteiger charge is -2.22. The molecule has 1 aliphatic rings. The number of carbonyl (C=O) groups is 1. The van der Waals surface area contributed by atoms with Gasteiger partial charge in [-0.2, -0.15) is 0 Å². The predicted octanol–water partition coefficient (Wildman–Crippen LogP) is 2.27. The van der Waals surface area contributed by atoms with Gasteiger partial charge in [-0.15, -0.1) is 0 Å². The van der Waals surface area contributed by atoms with Crippen LogP contribution < -0.4 is 11.1 Å². The minimum absolute atomic E-state index is 0.130. The second-order valence-electron chi connectivity index (χ2n) is 5.57. The standard InChI is InChI=1S/C16H18ClN5O2/c17-12-7-20-13(16(18)23)5-11(12)14-8-19-9-15(22-14)21-6-10-3-1-2-4-24-10/h5,7-10H,1-4,6H2,(H2,18,23)(H,21,22). The zero-order valence-corrected chi connectivity index (χ0v) is 13.8. The van der Waals surface area contributed by atoms with Crippen LogP contribution in [0, 0.1) is 0 Å². The first-order valence-corrected chi connectivity index (χ1v) is 8.14. The monoisotopic (exact) mass is 347 g/mol. The number of ether oxygens (including phenoxy) is 1. The third kappa shape index (κ3) is 3.98. The summed E-state index contributed by atoms with van der Waals surface area (Å²) < 4.78 is 5.68. The van der Waals surface area contributed by atoms with Crippen LogP contribution in [-0.2, 0) is 4.74 Å². The van der Waals surface area contributed by atoms with Crippen LogP contribution in [-0.4, -0.2) is 40.1 Å². The summed E-state index contributed by atoms with van der Waals surface area (Å²) in [4.78, 5) is 23.9. The molecule has 0 saturated carbocycles. The molecule has 3 N–H and O–H groups in total. The largest absolute Gasteiger partial charge is 0.376 e. The Morgan fingerprint density at radius 2 is 2.25 bits per heavy atom. The number of rotatable bonds is 5. The molecule has 1 atom stereocenters. The third-order valence-electron chi connectivity index (χ3n) is 3.80. The second-order valence-corrected chi connectivity index (χ2v) is 5.98. The Bertz CT molecular complexity index is 734. The van der Waals surface area contributed by atoms with Gasteiger partial charge in [0.15, 0.2) is 0 Å². The summed E-state index contributed by atoms with van der Waals surface area (Å²) in [5, 5.41) is 3.61. The fourth-order valence-electron chi connectivity index (χ4n) is 2.54. The highest BCUT2D eigenvalue weighted by Crippen LogP contribution is 2.26. The van der Waals surface area contributed by atoms with Gasteiger partial charge < -0.3 is 15.8 Å². The molecule has 3 rings (SSSR count). The molecule has 1 unspecified atom stereocenters. The number of aromatic nitrogens is 3. The Morgan fingerprint density at radius 1 is 1.38 bits per heavy atom. The second kappa shape index (κ2) is 7.55. The Balaban J connectivity index is 1.77. The highest BCUT2D eigenvalue weighted by Gasteiger charge is 2.15. The van der Waals surface area contributed by atoms with E-state index in [1.807, 2.05) is 0 Å². The minimum Gasteiger partial charge on any atom is -0.376 e. The van der Waals surface area contributed by atoms with E-state index in [4.69, 9.17) is 22.1 Å². The zero-order chi connectivity index (χ0) is 16.9. The first-order chi connectivity index (χ1) is 11.6. The first kappa shape index (κ1) is 16.6. The van der Waals surface area contributed by atoms with Crippen LogP contribution in [0.5, 0.6) is 0 Å². The third-order valence-corrected chi connectivity index (χ3v) is 4.10. The number of nitrogens with two attached hydrogens (primary N) is 1. The van der Waals surface area contributed by atoms with Crippen LogP contribution in [0.15, 0.2) is 24.7 Å². The van der Waals surface area contributed by atoms with Crippen LogP contribution in [0.4, 0.5) is 5.82 Å². The summed E-state index contributed by atoms with van der Waals surface area (Å²) in [6.07, 6.45) is 8.13. The van der Waals surface area contributed by atoms with Crippen molar-refractivity contribution in [2.45, 2.75) is 25.4 Å². The maximum Gasteiger partial charge on any atom is 0.267 e. The SMILES string of the molecule is NC(=O)c1cc(-c2cncc(NCC3CCCCO3)n2)c(Cl)cn1. The lowest BCUT2D eigenvalue weighted by atomic mass is 10.1. The number of hydrogen-bond donors (Lipinski definition) is 2. The van der Waals surface area contributed by atoms with Crippen LogP contribution in [0.3, 0.4) is 0 Å². The summed E-state index contributed by atoms with van der Waals surface area (Å²) in [7, 11) is 0. The van der Waals surface area contributed by atoms with Crippen molar-refractivity contribution in [2.75, 3.05) is 18.5 Å². The van der Waals surface area contributed by atoms with Gasteiger partial charge in [0.05, 0.1) is 29.2 Å². The molecule has 0 aliphatic carbocycles. The van der Waals surface area contributed by atoms with E-state index in [0.29, 0.717) is 28.6 Å². The first-order valence-electron chi connectivity index (χ1n) is 7.77. The fourth-order valence-corrected chi connectivity index (χ4v) is 2.74. The van der Waals surface area contributed by atoms with Crippen LogP contribution >= 0.6 is 11.6 Å². The molecule has 0 bridgehead atoms. The normalized spacial score (nSPS) is 17.5. The van der Waals surface area contributed by atoms with Crippen molar-refractivity contribution in [1.82, 2.24) is 15.0 Å². The molecule has 0 spiro atoms. The summed E-state index contributed by atoms with van der Waals surface area (Å²) in [5.41, 5.74) is 6.50. The van der Waals surface area contributed by atoms with Gasteiger partial charge in [0.1, 0.15) is 11.5 Å². The highest BCUT2D eigenvalue weighted by atomic mass is 35.5. The van der Waals surface area contributed by atoms with Gasteiger partial charge in [0, 0.05) is 24.9 Å². The van der Waals surface area contributed by atoms with E-state index in [-0.39, 0.29) is 11.8 Å². The molecule has 1 aliphatic heterocycles. The van der Waals surface area contributed by atoms with Crippen LogP contribution in [0.25, 0.3) is 11.3 Å². The van der Waals surface area contributed by atoms with Crippen molar-refractivity contribution in [3.05, 3.63) is 35.4 Å². The van der Waals surface area contributed by atoms with Crippen molar-refractivity contribution in [3.63, 3.8) is 0 Å². The Kier molecular flexibility index (Phi) is 5.22. The quantitative estimate of drug-likeness (QED) is 0.860. The number of nitrogens with zero attached hydrogens (tertiary/aromatic N) is 3. The smallest absolute Gasteiger partial charge is 0.267 e. The van der Waals surface area contributed by atoms with E-state index in [1.54, 1.807) is 12.4 Å². The fraction of sp³-hybridized carbons (Fsp3) is 0.375. The predicted molar refractivity (Wildman–Crippen MR) is 90.9 cm³/mol. The number of pyridine rings is 1. The molecule has 8 heteroatoms. The van der Waals surface area contributed by atoms with Gasteiger partial charge in [0.25, 0.3) is 5.91 Å². The van der Waals surface area contributed by atoms with Crippen molar-refractivity contribution in [1.29, 1.82) is 0 Å². The molecule has 7 nitrogen and oxygen atoms in total. The molecule has 3 heterocycles. The molecule has 0 aromatic carbocycles. The van der Waals surface area contributed by atoms with E-state index in [9.17, 15) is 4.79 Å². The number of hydrogen-bond acceptors (Lipinski definition) is 6. The van der Waals surface area contributed by atoms with E-state index in [0.717, 1.165) is 19.4 Å². The van der Waals surface area contributed by atoms with Gasteiger partial charge in [-0.1, -0.05) is 11.6 Å². The number of anilines is 1. The van der Waals surface area contributed by atoms with E-state index in [1.165, 1.54) is 18.7 Å². The van der Waals surface area contributed by atoms with E-state index >= 15 is 0 Å². The average Bonchev–Trinajstić information content (AvgIpc) is 2.61. The zero-order valence-electron chi connectivity index (χ0n) is 13.0. The Morgan fingerprint density at radius 3 is 3.00 bits per heavy atom. The lowest BCUT2D eigenvalue weighted by Crippen LogP contribution is -2.27. The van der Waals surface area contributed by atoms with Gasteiger partial charge in [-0.3, -0.25) is 9.78 Å². The number of amides is 1. The molecule has 24 heavy (non-hydrogen) atoms. The summed E-state index contributed by atoms with van der Waals surface area (Å²) in [5.74, 6) is -0.000204. The molecular weight excluding hydrogens is 330 g/mol. The molecule has 1 saturated heterocycles. The van der Waals surface area contributed by atoms with Crippen LogP contribution in [0.1, 0.15) is 29.8 Å². The lowest BCUT2D eigenvalue weighted by molar-refractivity contribution is 0.0247. The number of carbonyl (C=O) groups excluding carboxylic acids is 1. The molecule has 126 valence electrons. The number of nitrogens with one attached hydrogen (secondary N) is 1. The highest BCUT2D eigenvalue weighted by molar-refractivity contribution is 6.33. The summed E-state index contributed by atoms with van der Waals surface area (Å²) in [6, 6.07) is 1.52. The summed E-state index contributed by atoms with van der Waals surface area (Å²) in [6.45, 7) is 1.48. The van der Waals surface area contributed by atoms with Gasteiger partial charge in [-0.25, -0.2) is 9.97 Å². The van der Waals surface area contributed by atoms with E-state index in [2.05, 4.69) is 20.3 Å². The van der Waals surface area contributed by atoms with Gasteiger partial charge >= 0.3 is 0 Å². The number of primary amides is 1. The van der Waals surface area contributed by atoms with Crippen molar-refractivity contribution in [3.8, 4) is 11.3 Å². The molecule has 0 radical (unpaired) electrons.